The summed E-state index contributed by atoms with van der Waals surface area (Å²) in [5.74, 6) is -0.486. The molecule has 0 bridgehead atoms. The van der Waals surface area contributed by atoms with Crippen molar-refractivity contribution >= 4 is 45.1 Å². The van der Waals surface area contributed by atoms with Gasteiger partial charge in [0.05, 0.1) is 11.1 Å². The van der Waals surface area contributed by atoms with Gasteiger partial charge in [0.1, 0.15) is 10.6 Å². The maximum Gasteiger partial charge on any atom is 0.353 e. The van der Waals surface area contributed by atoms with E-state index in [0.717, 1.165) is 0 Å². The molecule has 35 heavy (non-hydrogen) atoms. The summed E-state index contributed by atoms with van der Waals surface area (Å²) in [4.78, 5) is 25.0. The number of sulfonamides is 1. The minimum absolute atomic E-state index is 0.143. The van der Waals surface area contributed by atoms with E-state index in [0.29, 0.717) is 27.4 Å². The average Bonchev–Trinajstić information content (AvgIpc) is 3.41. The van der Waals surface area contributed by atoms with E-state index in [1.807, 2.05) is 0 Å². The van der Waals surface area contributed by atoms with Gasteiger partial charge in [0.2, 0.25) is 0 Å². The zero-order valence-corrected chi connectivity index (χ0v) is 19.8. The Bertz CT molecular complexity index is 1430. The summed E-state index contributed by atoms with van der Waals surface area (Å²) in [5.41, 5.74) is 3.73. The van der Waals surface area contributed by atoms with E-state index in [-0.39, 0.29) is 4.90 Å². The van der Waals surface area contributed by atoms with E-state index in [9.17, 15) is 18.0 Å². The topological polar surface area (TPSA) is 114 Å². The van der Waals surface area contributed by atoms with Crippen LogP contribution in [0, 0.1) is 0 Å². The van der Waals surface area contributed by atoms with Crippen molar-refractivity contribution in [2.24, 2.45) is 5.10 Å². The second-order valence-electron chi connectivity index (χ2n) is 7.13. The molecule has 0 saturated heterocycles. The number of hydrogen-bond donors (Lipinski definition) is 2. The Morgan fingerprint density at radius 2 is 1.57 bits per heavy atom. The number of carbonyl (C=O) groups is 2. The maximum absolute atomic E-state index is 12.4. The van der Waals surface area contributed by atoms with Crippen molar-refractivity contribution in [1.29, 1.82) is 0 Å². The first-order valence-electron chi connectivity index (χ1n) is 10.3. The SMILES string of the molecule is O=C(NN=Cc1ccc(OC(=O)c2cccs2)cc1)c1ccc(NS(=O)(=O)c2ccccc2)cc1. The molecule has 176 valence electrons. The van der Waals surface area contributed by atoms with Crippen molar-refractivity contribution in [3.05, 3.63) is 112 Å². The van der Waals surface area contributed by atoms with E-state index in [1.165, 1.54) is 53.9 Å². The van der Waals surface area contributed by atoms with Gasteiger partial charge in [0, 0.05) is 11.3 Å². The first kappa shape index (κ1) is 23.9. The highest BCUT2D eigenvalue weighted by Gasteiger charge is 2.14. The molecule has 0 unspecified atom stereocenters. The number of nitrogens with zero attached hydrogens (tertiary/aromatic N) is 1. The van der Waals surface area contributed by atoms with Gasteiger partial charge >= 0.3 is 5.97 Å². The second-order valence-corrected chi connectivity index (χ2v) is 9.76. The van der Waals surface area contributed by atoms with Crippen molar-refractivity contribution in [3.8, 4) is 5.75 Å². The van der Waals surface area contributed by atoms with Crippen LogP contribution in [0.4, 0.5) is 5.69 Å². The van der Waals surface area contributed by atoms with Gasteiger partial charge in [-0.15, -0.1) is 11.3 Å². The molecule has 0 aliphatic rings. The third-order valence-corrected chi connectivity index (χ3v) is 6.89. The van der Waals surface area contributed by atoms with Crippen LogP contribution >= 0.6 is 11.3 Å². The van der Waals surface area contributed by atoms with E-state index in [2.05, 4.69) is 15.2 Å². The van der Waals surface area contributed by atoms with Gasteiger partial charge < -0.3 is 4.74 Å². The van der Waals surface area contributed by atoms with Crippen molar-refractivity contribution in [2.45, 2.75) is 4.90 Å². The average molecular weight is 506 g/mol. The number of amides is 1. The minimum Gasteiger partial charge on any atom is -0.422 e. The smallest absolute Gasteiger partial charge is 0.353 e. The Morgan fingerprint density at radius 1 is 0.857 bits per heavy atom. The van der Waals surface area contributed by atoms with Gasteiger partial charge in [-0.05, 0) is 77.7 Å². The lowest BCUT2D eigenvalue weighted by Crippen LogP contribution is -2.18. The third kappa shape index (κ3) is 6.40. The Morgan fingerprint density at radius 3 is 2.23 bits per heavy atom. The molecule has 4 rings (SSSR count). The summed E-state index contributed by atoms with van der Waals surface area (Å²) in [6.07, 6.45) is 1.45. The molecule has 0 atom stereocenters. The standard InChI is InChI=1S/C25H19N3O5S2/c29-24(19-10-12-20(13-11-19)28-35(31,32)22-5-2-1-3-6-22)27-26-17-18-8-14-21(15-9-18)33-25(30)23-7-4-16-34-23/h1-17,28H,(H,27,29). The number of anilines is 1. The van der Waals surface area contributed by atoms with E-state index >= 15 is 0 Å². The molecular weight excluding hydrogens is 486 g/mol. The highest BCUT2D eigenvalue weighted by Crippen LogP contribution is 2.17. The Hall–Kier alpha value is -4.28. The molecule has 4 aromatic rings. The molecule has 0 aliphatic heterocycles. The number of hydrogen-bond acceptors (Lipinski definition) is 7. The van der Waals surface area contributed by atoms with Crippen LogP contribution in [0.3, 0.4) is 0 Å². The Balaban J connectivity index is 1.30. The van der Waals surface area contributed by atoms with Crippen LogP contribution < -0.4 is 14.9 Å². The number of carbonyl (C=O) groups excluding carboxylic acids is 2. The molecule has 0 spiro atoms. The molecule has 0 aliphatic carbocycles. The number of nitrogens with one attached hydrogen (secondary N) is 2. The molecule has 0 fully saturated rings. The second kappa shape index (κ2) is 10.8. The van der Waals surface area contributed by atoms with E-state index in [4.69, 9.17) is 4.74 Å². The summed E-state index contributed by atoms with van der Waals surface area (Å²) < 4.78 is 32.5. The quantitative estimate of drug-likeness (QED) is 0.158. The van der Waals surface area contributed by atoms with Crippen LogP contribution in [-0.2, 0) is 10.0 Å². The fourth-order valence-corrected chi connectivity index (χ4v) is 4.59. The van der Waals surface area contributed by atoms with Crippen molar-refractivity contribution in [3.63, 3.8) is 0 Å². The number of esters is 1. The van der Waals surface area contributed by atoms with Crippen LogP contribution in [0.15, 0.2) is 106 Å². The predicted octanol–water partition coefficient (Wildman–Crippen LogP) is 4.53. The minimum atomic E-state index is -3.71. The number of thiophene rings is 1. The lowest BCUT2D eigenvalue weighted by Gasteiger charge is -2.08. The third-order valence-electron chi connectivity index (χ3n) is 4.65. The lowest BCUT2D eigenvalue weighted by molar-refractivity contribution is 0.0739. The summed E-state index contributed by atoms with van der Waals surface area (Å²) in [6, 6.07) is 24.1. The molecular formula is C25H19N3O5S2. The van der Waals surface area contributed by atoms with Gasteiger partial charge in [-0.1, -0.05) is 24.3 Å². The molecule has 10 heteroatoms. The van der Waals surface area contributed by atoms with Gasteiger partial charge in [-0.25, -0.2) is 18.6 Å². The van der Waals surface area contributed by atoms with Gasteiger partial charge in [-0.2, -0.15) is 5.10 Å². The molecule has 2 N–H and O–H groups in total. The van der Waals surface area contributed by atoms with Crippen LogP contribution in [0.25, 0.3) is 0 Å². The lowest BCUT2D eigenvalue weighted by atomic mass is 10.2. The molecule has 0 radical (unpaired) electrons. The first-order valence-corrected chi connectivity index (χ1v) is 12.6. The van der Waals surface area contributed by atoms with Crippen LogP contribution in [0.5, 0.6) is 5.75 Å². The predicted molar refractivity (Wildman–Crippen MR) is 134 cm³/mol. The largest absolute Gasteiger partial charge is 0.422 e. The summed E-state index contributed by atoms with van der Waals surface area (Å²) in [5, 5.41) is 5.73. The fraction of sp³-hybridized carbons (Fsp3) is 0. The first-order chi connectivity index (χ1) is 16.9. The van der Waals surface area contributed by atoms with Crippen LogP contribution in [-0.4, -0.2) is 26.5 Å². The van der Waals surface area contributed by atoms with Crippen molar-refractivity contribution in [1.82, 2.24) is 5.43 Å². The number of hydrazone groups is 1. The molecule has 8 nitrogen and oxygen atoms in total. The monoisotopic (exact) mass is 505 g/mol. The maximum atomic E-state index is 12.4. The van der Waals surface area contributed by atoms with Gasteiger partial charge in [0.25, 0.3) is 15.9 Å². The highest BCUT2D eigenvalue weighted by atomic mass is 32.2. The zero-order chi connectivity index (χ0) is 24.7. The van der Waals surface area contributed by atoms with E-state index < -0.39 is 21.9 Å². The number of ether oxygens (including phenoxy) is 1. The van der Waals surface area contributed by atoms with Gasteiger partial charge in [-0.3, -0.25) is 9.52 Å². The van der Waals surface area contributed by atoms with Gasteiger partial charge in [0.15, 0.2) is 0 Å². The van der Waals surface area contributed by atoms with Crippen molar-refractivity contribution < 1.29 is 22.7 Å². The molecule has 1 heterocycles. The highest BCUT2D eigenvalue weighted by molar-refractivity contribution is 7.92. The molecule has 3 aromatic carbocycles. The number of benzene rings is 3. The van der Waals surface area contributed by atoms with E-state index in [1.54, 1.807) is 60.0 Å². The zero-order valence-electron chi connectivity index (χ0n) is 18.1. The molecule has 1 amide bonds. The summed E-state index contributed by atoms with van der Waals surface area (Å²) in [7, 11) is -3.71. The van der Waals surface area contributed by atoms with Crippen LogP contribution in [0.2, 0.25) is 0 Å². The molecule has 1 aromatic heterocycles. The van der Waals surface area contributed by atoms with Crippen LogP contribution in [0.1, 0.15) is 25.6 Å². The fourth-order valence-electron chi connectivity index (χ4n) is 2.91. The normalized spacial score (nSPS) is 11.2. The summed E-state index contributed by atoms with van der Waals surface area (Å²) in [6.45, 7) is 0. The Labute approximate surface area is 206 Å². The Kier molecular flexibility index (Phi) is 7.34. The molecule has 0 saturated carbocycles. The van der Waals surface area contributed by atoms with Crippen molar-refractivity contribution in [2.75, 3.05) is 4.72 Å². The number of rotatable bonds is 8. The summed E-state index contributed by atoms with van der Waals surface area (Å²) >= 11 is 1.30.